The van der Waals surface area contributed by atoms with Gasteiger partial charge in [-0.15, -0.1) is 24.0 Å². The van der Waals surface area contributed by atoms with E-state index in [2.05, 4.69) is 46.3 Å². The molecule has 1 saturated heterocycles. The quantitative estimate of drug-likeness (QED) is 0.359. The molecule has 0 radical (unpaired) electrons. The number of halogens is 2. The predicted molar refractivity (Wildman–Crippen MR) is 124 cm³/mol. The van der Waals surface area contributed by atoms with Crippen LogP contribution in [0.3, 0.4) is 0 Å². The normalized spacial score (nSPS) is 15.4. The molecule has 2 aromatic rings. The monoisotopic (exact) mass is 517 g/mol. The summed E-state index contributed by atoms with van der Waals surface area (Å²) in [5, 5.41) is 8.21. The summed E-state index contributed by atoms with van der Waals surface area (Å²) < 4.78 is 5.34. The van der Waals surface area contributed by atoms with Crippen LogP contribution < -0.4 is 5.32 Å². The lowest BCUT2D eigenvalue weighted by molar-refractivity contribution is 0.172. The molecule has 28 heavy (non-hydrogen) atoms. The van der Waals surface area contributed by atoms with E-state index in [1.54, 1.807) is 0 Å². The Morgan fingerprint density at radius 2 is 1.89 bits per heavy atom. The maximum Gasteiger partial charge on any atom is 0.194 e. The van der Waals surface area contributed by atoms with Crippen LogP contribution in [0.25, 0.3) is 0 Å². The maximum atomic E-state index is 5.97. The Kier molecular flexibility index (Phi) is 9.53. The minimum atomic E-state index is 0. The van der Waals surface area contributed by atoms with E-state index in [-0.39, 0.29) is 24.0 Å². The molecule has 1 fully saturated rings. The maximum absolute atomic E-state index is 5.97. The molecule has 154 valence electrons. The predicted octanol–water partition coefficient (Wildman–Crippen LogP) is 3.79. The molecule has 0 aliphatic carbocycles. The van der Waals surface area contributed by atoms with Gasteiger partial charge in [0.15, 0.2) is 11.7 Å². The van der Waals surface area contributed by atoms with Gasteiger partial charge in [-0.3, -0.25) is 4.90 Å². The highest BCUT2D eigenvalue weighted by Crippen LogP contribution is 2.13. The molecule has 0 spiro atoms. The number of aryl methyl sites for hydroxylation is 1. The average Bonchev–Trinajstić information content (AvgIpc) is 3.16. The molecule has 1 aromatic carbocycles. The van der Waals surface area contributed by atoms with E-state index in [1.165, 1.54) is 5.56 Å². The second-order valence-corrected chi connectivity index (χ2v) is 7.13. The molecule has 0 atom stereocenters. The minimum absolute atomic E-state index is 0. The van der Waals surface area contributed by atoms with Crippen molar-refractivity contribution in [2.24, 2.45) is 4.99 Å². The number of rotatable bonds is 6. The van der Waals surface area contributed by atoms with Gasteiger partial charge in [0, 0.05) is 50.4 Å². The van der Waals surface area contributed by atoms with Gasteiger partial charge in [0.25, 0.3) is 0 Å². The molecule has 8 heteroatoms. The van der Waals surface area contributed by atoms with E-state index in [4.69, 9.17) is 21.1 Å². The first-order valence-electron chi connectivity index (χ1n) is 9.62. The van der Waals surface area contributed by atoms with Crippen molar-refractivity contribution in [1.82, 2.24) is 20.3 Å². The minimum Gasteiger partial charge on any atom is -0.359 e. The Balaban J connectivity index is 0.00000280. The molecule has 1 aliphatic heterocycles. The third kappa shape index (κ3) is 6.63. The molecule has 1 aromatic heterocycles. The summed E-state index contributed by atoms with van der Waals surface area (Å²) >= 11 is 5.97. The van der Waals surface area contributed by atoms with Crippen LogP contribution in [-0.4, -0.2) is 53.6 Å². The molecule has 3 rings (SSSR count). The zero-order valence-electron chi connectivity index (χ0n) is 16.5. The molecule has 0 unspecified atom stereocenters. The first kappa shape index (κ1) is 23.0. The number of nitrogens with one attached hydrogen (secondary N) is 1. The highest BCUT2D eigenvalue weighted by atomic mass is 127. The Morgan fingerprint density at radius 3 is 2.50 bits per heavy atom. The summed E-state index contributed by atoms with van der Waals surface area (Å²) in [4.78, 5) is 9.52. The number of hydrogen-bond donors (Lipinski definition) is 1. The Labute approximate surface area is 189 Å². The molecule has 0 saturated carbocycles. The van der Waals surface area contributed by atoms with Gasteiger partial charge in [-0.2, -0.15) is 0 Å². The van der Waals surface area contributed by atoms with Crippen LogP contribution in [0.4, 0.5) is 0 Å². The van der Waals surface area contributed by atoms with Gasteiger partial charge in [-0.05, 0) is 31.0 Å². The summed E-state index contributed by atoms with van der Waals surface area (Å²) in [6.45, 7) is 10.4. The van der Waals surface area contributed by atoms with Crippen molar-refractivity contribution in [2.75, 3.05) is 32.7 Å². The van der Waals surface area contributed by atoms with Gasteiger partial charge < -0.3 is 14.7 Å². The van der Waals surface area contributed by atoms with Gasteiger partial charge >= 0.3 is 0 Å². The van der Waals surface area contributed by atoms with Gasteiger partial charge in [-0.25, -0.2) is 4.99 Å². The molecule has 1 N–H and O–H groups in total. The first-order chi connectivity index (χ1) is 13.2. The highest BCUT2D eigenvalue weighted by Gasteiger charge is 2.19. The Morgan fingerprint density at radius 1 is 1.18 bits per heavy atom. The Bertz CT molecular complexity index is 741. The smallest absolute Gasteiger partial charge is 0.194 e. The summed E-state index contributed by atoms with van der Waals surface area (Å²) in [5.74, 6) is 1.75. The van der Waals surface area contributed by atoms with Gasteiger partial charge in [0.05, 0.1) is 5.69 Å². The van der Waals surface area contributed by atoms with Gasteiger partial charge in [0.1, 0.15) is 6.54 Å². The number of hydrogen-bond acceptors (Lipinski definition) is 4. The summed E-state index contributed by atoms with van der Waals surface area (Å²) in [5.41, 5.74) is 2.27. The van der Waals surface area contributed by atoms with Crippen LogP contribution >= 0.6 is 35.6 Å². The van der Waals surface area contributed by atoms with Crippen LogP contribution in [-0.2, 0) is 19.5 Å². The summed E-state index contributed by atoms with van der Waals surface area (Å²) in [6, 6.07) is 10.1. The van der Waals surface area contributed by atoms with E-state index in [9.17, 15) is 0 Å². The molecular formula is C20H29ClIN5O. The number of nitrogens with zero attached hydrogens (tertiary/aromatic N) is 4. The van der Waals surface area contributed by atoms with E-state index < -0.39 is 0 Å². The van der Waals surface area contributed by atoms with Gasteiger partial charge in [0.2, 0.25) is 0 Å². The lowest BCUT2D eigenvalue weighted by Gasteiger charge is -2.36. The number of aromatic nitrogens is 1. The number of piperazine rings is 1. The van der Waals surface area contributed by atoms with Crippen molar-refractivity contribution >= 4 is 41.5 Å². The van der Waals surface area contributed by atoms with Crippen LogP contribution in [0.1, 0.15) is 30.9 Å². The van der Waals surface area contributed by atoms with Crippen molar-refractivity contribution < 1.29 is 4.52 Å². The van der Waals surface area contributed by atoms with Gasteiger partial charge in [-0.1, -0.05) is 35.8 Å². The third-order valence-electron chi connectivity index (χ3n) is 4.68. The number of benzene rings is 1. The summed E-state index contributed by atoms with van der Waals surface area (Å²) in [7, 11) is 0. The lowest BCUT2D eigenvalue weighted by atomic mass is 10.2. The molecule has 2 heterocycles. The molecule has 6 nitrogen and oxygen atoms in total. The zero-order chi connectivity index (χ0) is 19.1. The van der Waals surface area contributed by atoms with Crippen LogP contribution in [0.5, 0.6) is 0 Å². The topological polar surface area (TPSA) is 56.9 Å². The fourth-order valence-corrected chi connectivity index (χ4v) is 3.27. The van der Waals surface area contributed by atoms with Crippen molar-refractivity contribution in [3.05, 3.63) is 52.4 Å². The van der Waals surface area contributed by atoms with Crippen molar-refractivity contribution in [1.29, 1.82) is 0 Å². The van der Waals surface area contributed by atoms with Crippen LogP contribution in [0.2, 0.25) is 5.02 Å². The lowest BCUT2D eigenvalue weighted by Crippen LogP contribution is -2.52. The van der Waals surface area contributed by atoms with Crippen molar-refractivity contribution in [2.45, 2.75) is 33.4 Å². The van der Waals surface area contributed by atoms with E-state index in [0.717, 1.165) is 68.1 Å². The third-order valence-corrected chi connectivity index (χ3v) is 4.93. The van der Waals surface area contributed by atoms with Crippen LogP contribution in [0.15, 0.2) is 39.8 Å². The number of guanidine groups is 1. The average molecular weight is 518 g/mol. The van der Waals surface area contributed by atoms with E-state index in [1.807, 2.05) is 18.2 Å². The fraction of sp³-hybridized carbons (Fsp3) is 0.500. The molecule has 0 amide bonds. The van der Waals surface area contributed by atoms with E-state index in [0.29, 0.717) is 6.54 Å². The van der Waals surface area contributed by atoms with Crippen LogP contribution in [0, 0.1) is 0 Å². The zero-order valence-corrected chi connectivity index (χ0v) is 19.6. The standard InChI is InChI=1S/C20H28ClN5O.HI/c1-3-18-13-19(27-24-18)14-23-20(22-4-2)26-11-9-25(10-12-26)15-16-5-7-17(21)8-6-16;/h5-8,13H,3-4,9-12,14-15H2,1-2H3,(H,22,23);1H. The highest BCUT2D eigenvalue weighted by molar-refractivity contribution is 14.0. The summed E-state index contributed by atoms with van der Waals surface area (Å²) in [6.07, 6.45) is 0.878. The largest absolute Gasteiger partial charge is 0.359 e. The second kappa shape index (κ2) is 11.6. The Hall–Kier alpha value is -1.32. The number of aliphatic imine (C=N–C) groups is 1. The molecular weight excluding hydrogens is 489 g/mol. The molecule has 1 aliphatic rings. The SMILES string of the molecule is CCNC(=NCc1cc(CC)no1)N1CCN(Cc2ccc(Cl)cc2)CC1.I. The van der Waals surface area contributed by atoms with E-state index >= 15 is 0 Å². The fourth-order valence-electron chi connectivity index (χ4n) is 3.14. The van der Waals surface area contributed by atoms with Crippen molar-refractivity contribution in [3.63, 3.8) is 0 Å². The second-order valence-electron chi connectivity index (χ2n) is 6.70. The first-order valence-corrected chi connectivity index (χ1v) is 10.00. The molecule has 0 bridgehead atoms. The van der Waals surface area contributed by atoms with Crippen molar-refractivity contribution in [3.8, 4) is 0 Å².